The Kier molecular flexibility index (Phi) is 3.56. The average Bonchev–Trinajstić information content (AvgIpc) is 2.82. The standard InChI is InChI=1S/C12H17N5O3/c1-12(2,3)11-15-8(16-17-11)10(20)13-6-4-5-7(18)14-9(6)19/h6H,4-5H2,1-3H3,(H,13,20)(H,14,18,19)(H,15,16,17). The van der Waals surface area contributed by atoms with Crippen molar-refractivity contribution >= 4 is 17.7 Å². The van der Waals surface area contributed by atoms with Gasteiger partial charge in [0.1, 0.15) is 11.9 Å². The van der Waals surface area contributed by atoms with Crippen LogP contribution in [0.1, 0.15) is 50.1 Å². The third kappa shape index (κ3) is 3.01. The predicted molar refractivity (Wildman–Crippen MR) is 68.7 cm³/mol. The molecule has 1 aliphatic rings. The molecule has 1 aromatic heterocycles. The summed E-state index contributed by atoms with van der Waals surface area (Å²) < 4.78 is 0. The van der Waals surface area contributed by atoms with Crippen LogP contribution in [0.15, 0.2) is 0 Å². The summed E-state index contributed by atoms with van der Waals surface area (Å²) in [6.07, 6.45) is 0.491. The number of piperidine rings is 1. The van der Waals surface area contributed by atoms with Gasteiger partial charge in [0.15, 0.2) is 0 Å². The molecule has 0 aromatic carbocycles. The minimum absolute atomic E-state index is 0.0142. The number of nitrogens with zero attached hydrogens (tertiary/aromatic N) is 2. The Morgan fingerprint density at radius 3 is 2.60 bits per heavy atom. The van der Waals surface area contributed by atoms with Gasteiger partial charge in [-0.1, -0.05) is 20.8 Å². The number of nitrogens with one attached hydrogen (secondary N) is 3. The molecule has 0 spiro atoms. The van der Waals surface area contributed by atoms with E-state index in [-0.39, 0.29) is 30.0 Å². The highest BCUT2D eigenvalue weighted by Crippen LogP contribution is 2.17. The second kappa shape index (κ2) is 5.03. The van der Waals surface area contributed by atoms with Crippen molar-refractivity contribution in [3.63, 3.8) is 0 Å². The fourth-order valence-corrected chi connectivity index (χ4v) is 1.75. The van der Waals surface area contributed by atoms with E-state index in [0.29, 0.717) is 5.82 Å². The minimum Gasteiger partial charge on any atom is -0.337 e. The number of rotatable bonds is 2. The molecule has 0 bridgehead atoms. The molecule has 3 amide bonds. The Hall–Kier alpha value is -2.25. The Morgan fingerprint density at radius 1 is 1.35 bits per heavy atom. The molecule has 1 aromatic rings. The third-order valence-corrected chi connectivity index (χ3v) is 2.94. The Balaban J connectivity index is 2.03. The number of hydrogen-bond acceptors (Lipinski definition) is 5. The smallest absolute Gasteiger partial charge is 0.291 e. The van der Waals surface area contributed by atoms with Crippen LogP contribution >= 0.6 is 0 Å². The highest BCUT2D eigenvalue weighted by atomic mass is 16.2. The van der Waals surface area contributed by atoms with Crippen molar-refractivity contribution in [1.82, 2.24) is 25.8 Å². The van der Waals surface area contributed by atoms with Gasteiger partial charge in [-0.25, -0.2) is 4.98 Å². The van der Waals surface area contributed by atoms with Gasteiger partial charge in [-0.3, -0.25) is 24.8 Å². The van der Waals surface area contributed by atoms with Crippen molar-refractivity contribution in [1.29, 1.82) is 0 Å². The third-order valence-electron chi connectivity index (χ3n) is 2.94. The minimum atomic E-state index is -0.725. The van der Waals surface area contributed by atoms with Crippen LogP contribution in [0.5, 0.6) is 0 Å². The molecule has 8 heteroatoms. The fraction of sp³-hybridized carbons (Fsp3) is 0.583. The second-order valence-corrected chi connectivity index (χ2v) is 5.73. The topological polar surface area (TPSA) is 117 Å². The normalized spacial score (nSPS) is 19.6. The number of hydrogen-bond donors (Lipinski definition) is 3. The van der Waals surface area contributed by atoms with E-state index in [1.807, 2.05) is 20.8 Å². The van der Waals surface area contributed by atoms with E-state index in [0.717, 1.165) is 0 Å². The lowest BCUT2D eigenvalue weighted by atomic mass is 9.96. The average molecular weight is 279 g/mol. The molecular weight excluding hydrogens is 262 g/mol. The summed E-state index contributed by atoms with van der Waals surface area (Å²) in [4.78, 5) is 38.6. The van der Waals surface area contributed by atoms with E-state index in [2.05, 4.69) is 25.8 Å². The zero-order valence-electron chi connectivity index (χ0n) is 11.6. The number of aromatic amines is 1. The number of amides is 3. The first-order chi connectivity index (χ1) is 9.27. The van der Waals surface area contributed by atoms with E-state index in [1.165, 1.54) is 0 Å². The first-order valence-corrected chi connectivity index (χ1v) is 6.35. The lowest BCUT2D eigenvalue weighted by Crippen LogP contribution is -2.52. The summed E-state index contributed by atoms with van der Waals surface area (Å²) in [5.74, 6) is -0.786. The molecular formula is C12H17N5O3. The predicted octanol–water partition coefficient (Wildman–Crippen LogP) is -0.363. The van der Waals surface area contributed by atoms with Gasteiger partial charge in [-0.2, -0.15) is 0 Å². The van der Waals surface area contributed by atoms with Gasteiger partial charge >= 0.3 is 0 Å². The highest BCUT2D eigenvalue weighted by molar-refractivity contribution is 6.03. The van der Waals surface area contributed by atoms with Crippen molar-refractivity contribution < 1.29 is 14.4 Å². The van der Waals surface area contributed by atoms with E-state index in [4.69, 9.17) is 0 Å². The van der Waals surface area contributed by atoms with Gasteiger partial charge in [-0.05, 0) is 6.42 Å². The summed E-state index contributed by atoms with van der Waals surface area (Å²) in [6, 6.07) is -0.725. The van der Waals surface area contributed by atoms with Gasteiger partial charge in [0, 0.05) is 11.8 Å². The van der Waals surface area contributed by atoms with E-state index in [9.17, 15) is 14.4 Å². The SMILES string of the molecule is CC(C)(C)c1nc(C(=O)NC2CCC(=O)NC2=O)n[nH]1. The highest BCUT2D eigenvalue weighted by Gasteiger charge is 2.29. The van der Waals surface area contributed by atoms with Crippen LogP contribution < -0.4 is 10.6 Å². The van der Waals surface area contributed by atoms with Crippen LogP contribution in [0, 0.1) is 0 Å². The monoisotopic (exact) mass is 279 g/mol. The zero-order valence-corrected chi connectivity index (χ0v) is 11.6. The number of carbonyl (C=O) groups is 3. The second-order valence-electron chi connectivity index (χ2n) is 5.73. The molecule has 8 nitrogen and oxygen atoms in total. The molecule has 1 unspecified atom stereocenters. The zero-order chi connectivity index (χ0) is 14.9. The molecule has 1 atom stereocenters. The Bertz CT molecular complexity index is 558. The maximum atomic E-state index is 12.0. The molecule has 20 heavy (non-hydrogen) atoms. The summed E-state index contributed by atoms with van der Waals surface area (Å²) in [5, 5.41) is 11.2. The van der Waals surface area contributed by atoms with Crippen LogP contribution in [0.25, 0.3) is 0 Å². The van der Waals surface area contributed by atoms with Crippen LogP contribution in [0.2, 0.25) is 0 Å². The molecule has 0 radical (unpaired) electrons. The summed E-state index contributed by atoms with van der Waals surface area (Å²) >= 11 is 0. The van der Waals surface area contributed by atoms with Gasteiger partial charge < -0.3 is 5.32 Å². The van der Waals surface area contributed by atoms with E-state index >= 15 is 0 Å². The lowest BCUT2D eigenvalue weighted by molar-refractivity contribution is -0.134. The molecule has 108 valence electrons. The van der Waals surface area contributed by atoms with Crippen molar-refractivity contribution in [3.05, 3.63) is 11.6 Å². The van der Waals surface area contributed by atoms with Gasteiger partial charge in [0.2, 0.25) is 17.6 Å². The van der Waals surface area contributed by atoms with Crippen LogP contribution in [0.4, 0.5) is 0 Å². The maximum absolute atomic E-state index is 12.0. The van der Waals surface area contributed by atoms with Crippen LogP contribution in [-0.2, 0) is 15.0 Å². The van der Waals surface area contributed by atoms with E-state index in [1.54, 1.807) is 0 Å². The number of carbonyl (C=O) groups excluding carboxylic acids is 3. The molecule has 2 heterocycles. The van der Waals surface area contributed by atoms with Crippen molar-refractivity contribution in [2.24, 2.45) is 0 Å². The number of H-pyrrole nitrogens is 1. The lowest BCUT2D eigenvalue weighted by Gasteiger charge is -2.21. The summed E-state index contributed by atoms with van der Waals surface area (Å²) in [6.45, 7) is 5.82. The van der Waals surface area contributed by atoms with E-state index < -0.39 is 17.9 Å². The van der Waals surface area contributed by atoms with Crippen molar-refractivity contribution in [2.45, 2.75) is 45.1 Å². The summed E-state index contributed by atoms with van der Waals surface area (Å²) in [5.41, 5.74) is -0.250. The number of imide groups is 1. The summed E-state index contributed by atoms with van der Waals surface area (Å²) in [7, 11) is 0. The Labute approximate surface area is 115 Å². The van der Waals surface area contributed by atoms with Gasteiger partial charge in [0.25, 0.3) is 5.91 Å². The van der Waals surface area contributed by atoms with Crippen LogP contribution in [0.3, 0.4) is 0 Å². The molecule has 1 fully saturated rings. The molecule has 0 saturated carbocycles. The first kappa shape index (κ1) is 14.2. The van der Waals surface area contributed by atoms with Gasteiger partial charge in [-0.15, -0.1) is 5.10 Å². The van der Waals surface area contributed by atoms with Gasteiger partial charge in [0.05, 0.1) is 0 Å². The molecule has 2 rings (SSSR count). The van der Waals surface area contributed by atoms with Crippen molar-refractivity contribution in [2.75, 3.05) is 0 Å². The van der Waals surface area contributed by atoms with Crippen molar-refractivity contribution in [3.8, 4) is 0 Å². The van der Waals surface area contributed by atoms with Crippen LogP contribution in [-0.4, -0.2) is 38.9 Å². The molecule has 1 saturated heterocycles. The molecule has 1 aliphatic heterocycles. The molecule has 3 N–H and O–H groups in total. The number of aromatic nitrogens is 3. The molecule has 0 aliphatic carbocycles. The Morgan fingerprint density at radius 2 is 2.05 bits per heavy atom. The maximum Gasteiger partial charge on any atom is 0.291 e. The quantitative estimate of drug-likeness (QED) is 0.639. The first-order valence-electron chi connectivity index (χ1n) is 6.35. The largest absolute Gasteiger partial charge is 0.337 e. The fourth-order valence-electron chi connectivity index (χ4n) is 1.75.